The average Bonchev–Trinajstić information content (AvgIpc) is 2.87. The van der Waals surface area contributed by atoms with Crippen molar-refractivity contribution in [3.05, 3.63) is 55.5 Å². The van der Waals surface area contributed by atoms with Crippen molar-refractivity contribution < 1.29 is 38.6 Å². The number of hydrogen-bond donors (Lipinski definition) is 0. The molecule has 0 nitrogen and oxygen atoms in total. The fourth-order valence-electron chi connectivity index (χ4n) is 0.680. The first-order chi connectivity index (χ1) is 6.00. The van der Waals surface area contributed by atoms with Crippen LogP contribution in [0.25, 0.3) is 0 Å². The summed E-state index contributed by atoms with van der Waals surface area (Å²) in [6, 6.07) is 0. The Morgan fingerprint density at radius 3 is 1.36 bits per heavy atom. The van der Waals surface area contributed by atoms with Gasteiger partial charge in [-0.15, -0.1) is 12.8 Å². The van der Waals surface area contributed by atoms with E-state index < -0.39 is 0 Å². The van der Waals surface area contributed by atoms with Crippen LogP contribution in [0.5, 0.6) is 0 Å². The van der Waals surface area contributed by atoms with Crippen molar-refractivity contribution in [3.63, 3.8) is 0 Å². The van der Waals surface area contributed by atoms with Crippen molar-refractivity contribution in [2.75, 3.05) is 0 Å². The van der Waals surface area contributed by atoms with Crippen LogP contribution in [-0.2, 0) is 26.2 Å². The van der Waals surface area contributed by atoms with Gasteiger partial charge in [-0.25, -0.2) is 24.3 Å². The van der Waals surface area contributed by atoms with Gasteiger partial charge in [-0.05, 0) is 0 Å². The summed E-state index contributed by atoms with van der Waals surface area (Å²) < 4.78 is 0. The van der Waals surface area contributed by atoms with E-state index in [1.54, 1.807) is 6.92 Å². The van der Waals surface area contributed by atoms with Crippen LogP contribution < -0.4 is 12.4 Å². The first-order valence-electron chi connectivity index (χ1n) is 4.14. The van der Waals surface area contributed by atoms with Crippen molar-refractivity contribution in [2.24, 2.45) is 0 Å². The van der Waals surface area contributed by atoms with Crippen molar-refractivity contribution in [1.29, 1.82) is 0 Å². The van der Waals surface area contributed by atoms with Gasteiger partial charge in [-0.2, -0.15) is 19.1 Å². The molecule has 2 aliphatic carbocycles. The van der Waals surface area contributed by atoms with Crippen LogP contribution in [0.2, 0.25) is 0 Å². The molecular weight excluding hydrogens is 271 g/mol. The van der Waals surface area contributed by atoms with Gasteiger partial charge in [0.15, 0.2) is 0 Å². The fraction of sp³-hybridized carbons (Fsp3) is 0.250. The van der Waals surface area contributed by atoms with E-state index in [-0.39, 0.29) is 38.6 Å². The Balaban J connectivity index is -0.000000131. The Kier molecular flexibility index (Phi) is 26.5. The zero-order chi connectivity index (χ0) is 9.07. The summed E-state index contributed by atoms with van der Waals surface area (Å²) in [4.78, 5) is 0. The van der Waals surface area contributed by atoms with Gasteiger partial charge in [0.05, 0.1) is 0 Å². The van der Waals surface area contributed by atoms with E-state index in [1.165, 1.54) is 0 Å². The van der Waals surface area contributed by atoms with Crippen molar-refractivity contribution in [2.45, 2.75) is 19.8 Å². The molecule has 0 aromatic heterocycles. The molecule has 0 N–H and O–H groups in total. The van der Waals surface area contributed by atoms with Crippen LogP contribution in [0, 0.1) is 19.1 Å². The Morgan fingerprint density at radius 1 is 0.929 bits per heavy atom. The first-order valence-corrected chi connectivity index (χ1v) is 4.14. The molecule has 2 heteroatoms. The number of allylic oxidation sites excluding steroid dienone is 8. The minimum absolute atomic E-state index is 0. The van der Waals surface area contributed by atoms with Crippen LogP contribution >= 0.6 is 0 Å². The zero-order valence-electron chi connectivity index (χ0n) is 8.46. The maximum atomic E-state index is 3.25. The largest absolute Gasteiger partial charge is 3.00 e. The van der Waals surface area contributed by atoms with Crippen LogP contribution in [0.15, 0.2) is 36.5 Å². The van der Waals surface area contributed by atoms with Crippen molar-refractivity contribution >= 4 is 0 Å². The minimum atomic E-state index is 0. The zero-order valence-corrected chi connectivity index (χ0v) is 11.7. The number of halogens is 1. The normalized spacial score (nSPS) is 13.0. The van der Waals surface area contributed by atoms with Gasteiger partial charge < -0.3 is 19.3 Å². The molecule has 1 radical (unpaired) electrons. The van der Waals surface area contributed by atoms with E-state index in [2.05, 4.69) is 31.2 Å². The predicted octanol–water partition coefficient (Wildman–Crippen LogP) is 0.453. The van der Waals surface area contributed by atoms with Gasteiger partial charge in [0.25, 0.3) is 0 Å². The van der Waals surface area contributed by atoms with Crippen LogP contribution in [0.4, 0.5) is 0 Å². The molecule has 0 saturated heterocycles. The SMILES string of the molecule is [C-]1=CC=CC1.[C-]1=CC=CC1.[CH2-]C.[Cl-].[Zr+3]. The molecule has 0 bridgehead atoms. The molecule has 0 aromatic carbocycles. The predicted molar refractivity (Wildman–Crippen MR) is 54.2 cm³/mol. The molecule has 0 fully saturated rings. The van der Waals surface area contributed by atoms with Gasteiger partial charge in [0.1, 0.15) is 0 Å². The summed E-state index contributed by atoms with van der Waals surface area (Å²) in [7, 11) is 0. The van der Waals surface area contributed by atoms with Crippen LogP contribution in [-0.4, -0.2) is 0 Å². The van der Waals surface area contributed by atoms with Gasteiger partial charge >= 0.3 is 26.2 Å². The summed E-state index contributed by atoms with van der Waals surface area (Å²) >= 11 is 0. The Morgan fingerprint density at radius 2 is 1.29 bits per heavy atom. The topological polar surface area (TPSA) is 0 Å². The average molecular weight is 286 g/mol. The van der Waals surface area contributed by atoms with E-state index in [4.69, 9.17) is 0 Å². The second-order valence-corrected chi connectivity index (χ2v) is 2.01. The third kappa shape index (κ3) is 14.6. The second-order valence-electron chi connectivity index (χ2n) is 2.01. The maximum absolute atomic E-state index is 3.25. The smallest absolute Gasteiger partial charge is 1.00 e. The van der Waals surface area contributed by atoms with Gasteiger partial charge in [0, 0.05) is 0 Å². The summed E-state index contributed by atoms with van der Waals surface area (Å²) in [5.74, 6) is 0. The summed E-state index contributed by atoms with van der Waals surface area (Å²) in [5, 5.41) is 0. The molecule has 2 rings (SSSR count). The molecule has 0 atom stereocenters. The van der Waals surface area contributed by atoms with E-state index in [9.17, 15) is 0 Å². The molecule has 2 aliphatic rings. The van der Waals surface area contributed by atoms with Gasteiger partial charge in [-0.3, -0.25) is 12.2 Å². The van der Waals surface area contributed by atoms with E-state index in [0.717, 1.165) is 12.8 Å². The van der Waals surface area contributed by atoms with Crippen molar-refractivity contribution in [3.8, 4) is 0 Å². The molecule has 0 unspecified atom stereocenters. The number of rotatable bonds is 0. The van der Waals surface area contributed by atoms with Crippen LogP contribution in [0.1, 0.15) is 19.8 Å². The summed E-state index contributed by atoms with van der Waals surface area (Å²) in [6.07, 6.45) is 20.0. The molecule has 0 aliphatic heterocycles. The van der Waals surface area contributed by atoms with Crippen LogP contribution in [0.3, 0.4) is 0 Å². The monoisotopic (exact) mass is 284 g/mol. The Hall–Kier alpha value is 0.133. The molecule has 0 amide bonds. The molecule has 0 aromatic rings. The summed E-state index contributed by atoms with van der Waals surface area (Å²) in [6.45, 7) is 5.00. The molecular formula is C12H15ClZr-. The summed E-state index contributed by atoms with van der Waals surface area (Å²) in [5.41, 5.74) is 0. The number of hydrogen-bond acceptors (Lipinski definition) is 0. The molecule has 0 saturated carbocycles. The standard InChI is InChI=1S/2C5H5.C2H5.ClH.Zr/c2*1-2-4-5-3-1;1-2;;/h2*1-3H,4H2;1H2,2H3;1H;/q3*-1;;+3/p-1. The van der Waals surface area contributed by atoms with E-state index in [1.807, 2.05) is 24.3 Å². The maximum Gasteiger partial charge on any atom is 3.00 e. The Labute approximate surface area is 113 Å². The molecule has 14 heavy (non-hydrogen) atoms. The third-order valence-corrected chi connectivity index (χ3v) is 1.17. The van der Waals surface area contributed by atoms with Gasteiger partial charge in [-0.1, -0.05) is 0 Å². The third-order valence-electron chi connectivity index (χ3n) is 1.17. The molecule has 75 valence electrons. The van der Waals surface area contributed by atoms with E-state index >= 15 is 0 Å². The van der Waals surface area contributed by atoms with Gasteiger partial charge in [0.2, 0.25) is 0 Å². The first kappa shape index (κ1) is 19.7. The minimum Gasteiger partial charge on any atom is -1.00 e. The second kappa shape index (κ2) is 18.8. The quantitative estimate of drug-likeness (QED) is 0.567. The molecule has 0 heterocycles. The molecule has 0 spiro atoms. The van der Waals surface area contributed by atoms with Crippen molar-refractivity contribution in [1.82, 2.24) is 0 Å². The Bertz CT molecular complexity index is 148. The fourth-order valence-corrected chi connectivity index (χ4v) is 0.680. The van der Waals surface area contributed by atoms with E-state index in [0.29, 0.717) is 0 Å².